The summed E-state index contributed by atoms with van der Waals surface area (Å²) < 4.78 is 94.0. The van der Waals surface area contributed by atoms with E-state index >= 15 is 0 Å². The van der Waals surface area contributed by atoms with E-state index in [2.05, 4.69) is 10.2 Å². The van der Waals surface area contributed by atoms with Crippen LogP contribution in [0, 0.1) is 17.5 Å². The fourth-order valence-corrected chi connectivity index (χ4v) is 3.21. The summed E-state index contributed by atoms with van der Waals surface area (Å²) in [5, 5.41) is 7.65. The van der Waals surface area contributed by atoms with E-state index in [9.17, 15) is 31.1 Å². The summed E-state index contributed by atoms with van der Waals surface area (Å²) in [5.74, 6) is -6.08. The van der Waals surface area contributed by atoms with Gasteiger partial charge in [-0.2, -0.15) is 13.2 Å². The normalized spacial score (nSPS) is 12.0. The van der Waals surface area contributed by atoms with Crippen LogP contribution in [0.5, 0.6) is 11.5 Å². The van der Waals surface area contributed by atoms with E-state index < -0.39 is 53.1 Å². The van der Waals surface area contributed by atoms with Gasteiger partial charge in [0.1, 0.15) is 11.6 Å². The monoisotopic (exact) mass is 488 g/mol. The number of benzene rings is 2. The molecule has 0 saturated heterocycles. The predicted octanol–water partition coefficient (Wildman–Crippen LogP) is 4.10. The number of nitrogens with two attached hydrogens (primary N) is 1. The highest BCUT2D eigenvalue weighted by Crippen LogP contribution is 2.39. The number of aromatic nitrogens is 3. The molecule has 0 atom stereocenters. The van der Waals surface area contributed by atoms with Crippen molar-refractivity contribution in [2.24, 2.45) is 12.8 Å². The zero-order valence-corrected chi connectivity index (χ0v) is 18.0. The molecule has 0 aliphatic carbocycles. The number of primary amides is 1. The topological polar surface area (TPSA) is 92.3 Å². The van der Waals surface area contributed by atoms with E-state index in [1.165, 1.54) is 27.0 Å². The highest BCUT2D eigenvalue weighted by atomic mass is 19.4. The van der Waals surface area contributed by atoms with Crippen molar-refractivity contribution in [2.75, 3.05) is 6.61 Å². The SMILES string of the molecule is Cn1c(-c2ccc(OCC(N)=O)cc2C(F)(F)F)nnc1C(C)(C)Oc1c(F)cc(F)cc1F. The van der Waals surface area contributed by atoms with Crippen molar-refractivity contribution in [3.8, 4) is 22.9 Å². The Morgan fingerprint density at radius 2 is 1.68 bits per heavy atom. The van der Waals surface area contributed by atoms with Crippen LogP contribution in [0.4, 0.5) is 26.3 Å². The zero-order chi connectivity index (χ0) is 25.4. The molecule has 0 unspecified atom stereocenters. The lowest BCUT2D eigenvalue weighted by molar-refractivity contribution is -0.137. The third kappa shape index (κ3) is 5.07. The molecule has 1 aromatic heterocycles. The van der Waals surface area contributed by atoms with Gasteiger partial charge < -0.3 is 19.8 Å². The van der Waals surface area contributed by atoms with E-state index in [1.807, 2.05) is 0 Å². The van der Waals surface area contributed by atoms with Crippen LogP contribution in [0.3, 0.4) is 0 Å². The average molecular weight is 488 g/mol. The summed E-state index contributed by atoms with van der Waals surface area (Å²) in [6.45, 7) is 2.09. The number of carbonyl (C=O) groups excluding carboxylic acids is 1. The number of hydrogen-bond acceptors (Lipinski definition) is 5. The van der Waals surface area contributed by atoms with E-state index in [4.69, 9.17) is 15.2 Å². The maximum Gasteiger partial charge on any atom is 0.417 e. The molecule has 13 heteroatoms. The van der Waals surface area contributed by atoms with Gasteiger partial charge in [-0.3, -0.25) is 4.79 Å². The van der Waals surface area contributed by atoms with Gasteiger partial charge >= 0.3 is 6.18 Å². The van der Waals surface area contributed by atoms with Gasteiger partial charge in [-0.25, -0.2) is 13.2 Å². The second-order valence-electron chi connectivity index (χ2n) is 7.68. The van der Waals surface area contributed by atoms with Crippen LogP contribution >= 0.6 is 0 Å². The van der Waals surface area contributed by atoms with Crippen molar-refractivity contribution in [2.45, 2.75) is 25.6 Å². The molecule has 2 N–H and O–H groups in total. The van der Waals surface area contributed by atoms with Gasteiger partial charge in [-0.15, -0.1) is 10.2 Å². The average Bonchev–Trinajstić information content (AvgIpc) is 3.10. The maximum atomic E-state index is 14.0. The first-order valence-electron chi connectivity index (χ1n) is 9.57. The zero-order valence-electron chi connectivity index (χ0n) is 18.0. The quantitative estimate of drug-likeness (QED) is 0.506. The fraction of sp³-hybridized carbons (Fsp3) is 0.286. The second-order valence-corrected chi connectivity index (χ2v) is 7.68. The number of ether oxygens (including phenoxy) is 2. The second kappa shape index (κ2) is 8.88. The molecule has 0 aliphatic rings. The van der Waals surface area contributed by atoms with Gasteiger partial charge in [0.2, 0.25) is 0 Å². The first-order valence-corrected chi connectivity index (χ1v) is 9.57. The standard InChI is InChI=1S/C21H18F6N4O3/c1-20(2,34-17-14(23)6-10(22)7-15(17)24)19-30-29-18(31(19)3)12-5-4-11(33-9-16(28)32)8-13(12)21(25,26)27/h4-8H,9H2,1-3H3,(H2,28,32). The van der Waals surface area contributed by atoms with E-state index in [-0.39, 0.29) is 23.0 Å². The van der Waals surface area contributed by atoms with E-state index in [1.54, 1.807) is 0 Å². The van der Waals surface area contributed by atoms with Gasteiger partial charge in [-0.1, -0.05) is 0 Å². The first-order chi connectivity index (χ1) is 15.7. The Balaban J connectivity index is 2.02. The van der Waals surface area contributed by atoms with Crippen molar-refractivity contribution >= 4 is 5.91 Å². The van der Waals surface area contributed by atoms with Crippen LogP contribution in [0.25, 0.3) is 11.4 Å². The highest BCUT2D eigenvalue weighted by Gasteiger charge is 2.37. The van der Waals surface area contributed by atoms with Gasteiger partial charge in [0.25, 0.3) is 5.91 Å². The number of halogens is 6. The Bertz CT molecular complexity index is 1220. The van der Waals surface area contributed by atoms with Crippen LogP contribution in [-0.4, -0.2) is 27.3 Å². The smallest absolute Gasteiger partial charge is 0.417 e. The fourth-order valence-electron chi connectivity index (χ4n) is 3.21. The van der Waals surface area contributed by atoms with Crippen LogP contribution in [0.15, 0.2) is 30.3 Å². The van der Waals surface area contributed by atoms with E-state index in [0.717, 1.165) is 10.6 Å². The van der Waals surface area contributed by atoms with Crippen molar-refractivity contribution in [3.63, 3.8) is 0 Å². The predicted molar refractivity (Wildman–Crippen MR) is 106 cm³/mol. The number of carbonyl (C=O) groups is 1. The number of rotatable bonds is 7. The minimum absolute atomic E-state index is 0.0761. The number of alkyl halides is 3. The molecule has 2 aromatic carbocycles. The molecule has 3 aromatic rings. The third-order valence-corrected chi connectivity index (χ3v) is 4.65. The lowest BCUT2D eigenvalue weighted by Gasteiger charge is -2.26. The molecule has 0 aliphatic heterocycles. The molecule has 0 radical (unpaired) electrons. The molecule has 182 valence electrons. The summed E-state index contributed by atoms with van der Waals surface area (Å²) in [6.07, 6.45) is -4.83. The molecule has 0 fully saturated rings. The summed E-state index contributed by atoms with van der Waals surface area (Å²) >= 11 is 0. The molecular formula is C21H18F6N4O3. The Labute approximate surface area is 189 Å². The number of hydrogen-bond donors (Lipinski definition) is 1. The Morgan fingerprint density at radius 1 is 1.06 bits per heavy atom. The van der Waals surface area contributed by atoms with Crippen molar-refractivity contribution < 1.29 is 40.6 Å². The molecule has 3 rings (SSSR count). The van der Waals surface area contributed by atoms with Crippen molar-refractivity contribution in [1.29, 1.82) is 0 Å². The number of nitrogens with zero attached hydrogens (tertiary/aromatic N) is 3. The third-order valence-electron chi connectivity index (χ3n) is 4.65. The van der Waals surface area contributed by atoms with Crippen LogP contribution in [-0.2, 0) is 23.6 Å². The minimum atomic E-state index is -4.83. The first kappa shape index (κ1) is 24.9. The van der Waals surface area contributed by atoms with E-state index in [0.29, 0.717) is 18.2 Å². The molecule has 0 bridgehead atoms. The summed E-state index contributed by atoms with van der Waals surface area (Å²) in [4.78, 5) is 10.9. The van der Waals surface area contributed by atoms with Gasteiger partial charge in [0.05, 0.1) is 5.56 Å². The highest BCUT2D eigenvalue weighted by molar-refractivity contribution is 5.75. The molecule has 7 nitrogen and oxygen atoms in total. The molecule has 0 saturated carbocycles. The number of amides is 1. The van der Waals surface area contributed by atoms with Crippen LogP contribution < -0.4 is 15.2 Å². The minimum Gasteiger partial charge on any atom is -0.484 e. The lowest BCUT2D eigenvalue weighted by Crippen LogP contribution is -2.30. The summed E-state index contributed by atoms with van der Waals surface area (Å²) in [5.41, 5.74) is 1.84. The van der Waals surface area contributed by atoms with Crippen molar-refractivity contribution in [1.82, 2.24) is 14.8 Å². The van der Waals surface area contributed by atoms with Gasteiger partial charge in [0, 0.05) is 24.7 Å². The molecule has 1 amide bonds. The molecule has 1 heterocycles. The Kier molecular flexibility index (Phi) is 6.49. The van der Waals surface area contributed by atoms with Gasteiger partial charge in [-0.05, 0) is 32.0 Å². The largest absolute Gasteiger partial charge is 0.484 e. The lowest BCUT2D eigenvalue weighted by atomic mass is 10.0. The summed E-state index contributed by atoms with van der Waals surface area (Å²) in [7, 11) is 1.34. The maximum absolute atomic E-state index is 14.0. The van der Waals surface area contributed by atoms with Crippen LogP contribution in [0.2, 0.25) is 0 Å². The molecule has 0 spiro atoms. The van der Waals surface area contributed by atoms with Gasteiger partial charge in [0.15, 0.2) is 41.2 Å². The summed E-state index contributed by atoms with van der Waals surface area (Å²) in [6, 6.07) is 3.78. The Hall–Kier alpha value is -3.77. The molecule has 34 heavy (non-hydrogen) atoms. The van der Waals surface area contributed by atoms with Crippen molar-refractivity contribution in [3.05, 3.63) is 59.2 Å². The molecular weight excluding hydrogens is 470 g/mol. The Morgan fingerprint density at radius 3 is 2.24 bits per heavy atom. The van der Waals surface area contributed by atoms with Crippen LogP contribution in [0.1, 0.15) is 25.2 Å².